The summed E-state index contributed by atoms with van der Waals surface area (Å²) in [5.74, 6) is -1.87. The number of carboxylic acid groups (broad SMARTS) is 1. The molecular weight excluding hydrogens is 318 g/mol. The summed E-state index contributed by atoms with van der Waals surface area (Å²) in [6, 6.07) is 0. The van der Waals surface area contributed by atoms with Crippen LogP contribution in [0.15, 0.2) is 11.1 Å². The van der Waals surface area contributed by atoms with Gasteiger partial charge in [0.1, 0.15) is 5.37 Å². The zero-order valence-electron chi connectivity index (χ0n) is 13.7. The molecule has 1 amide bonds. The van der Waals surface area contributed by atoms with Crippen LogP contribution in [0.25, 0.3) is 0 Å². The maximum absolute atomic E-state index is 12.7. The van der Waals surface area contributed by atoms with Gasteiger partial charge in [-0.3, -0.25) is 14.4 Å². The number of thioether (sulfide) groups is 1. The van der Waals surface area contributed by atoms with E-state index in [1.165, 1.54) is 11.8 Å². The minimum atomic E-state index is -1.10. The van der Waals surface area contributed by atoms with Crippen molar-refractivity contribution in [3.05, 3.63) is 11.1 Å². The lowest BCUT2D eigenvalue weighted by atomic mass is 9.96. The summed E-state index contributed by atoms with van der Waals surface area (Å²) in [4.78, 5) is 38.0. The van der Waals surface area contributed by atoms with Crippen molar-refractivity contribution in [3.63, 3.8) is 0 Å². The largest absolute Gasteiger partial charge is 0.481 e. The number of nitrogens with zero attached hydrogens (tertiary/aromatic N) is 1. The second kappa shape index (κ2) is 7.49. The average molecular weight is 341 g/mol. The number of carbonyl (C=O) groups is 3. The van der Waals surface area contributed by atoms with E-state index in [4.69, 9.17) is 9.84 Å². The summed E-state index contributed by atoms with van der Waals surface area (Å²) in [5, 5.41) is 8.69. The van der Waals surface area contributed by atoms with Gasteiger partial charge in [-0.1, -0.05) is 13.8 Å². The Labute approximate surface area is 140 Å². The molecule has 128 valence electrons. The van der Waals surface area contributed by atoms with Crippen LogP contribution in [-0.4, -0.2) is 58.6 Å². The van der Waals surface area contributed by atoms with Crippen LogP contribution in [0.1, 0.15) is 33.1 Å². The lowest BCUT2D eigenvalue weighted by molar-refractivity contribution is -0.137. The van der Waals surface area contributed by atoms with E-state index < -0.39 is 17.8 Å². The van der Waals surface area contributed by atoms with Gasteiger partial charge in [-0.2, -0.15) is 0 Å². The normalized spacial score (nSPS) is 24.9. The molecule has 0 spiro atoms. The van der Waals surface area contributed by atoms with Crippen molar-refractivity contribution in [2.75, 3.05) is 19.4 Å². The number of hydrogen-bond donors (Lipinski definition) is 1. The highest BCUT2D eigenvalue weighted by atomic mass is 32.2. The first-order valence-electron chi connectivity index (χ1n) is 7.81. The predicted molar refractivity (Wildman–Crippen MR) is 87.1 cm³/mol. The smallest absolute Gasteiger partial charge is 0.308 e. The topological polar surface area (TPSA) is 83.9 Å². The molecule has 1 saturated heterocycles. The van der Waals surface area contributed by atoms with Crippen LogP contribution in [0, 0.1) is 5.92 Å². The molecule has 6 nitrogen and oxygen atoms in total. The number of carbonyl (C=O) groups excluding carboxylic acids is 2. The number of ketones is 1. The van der Waals surface area contributed by atoms with Crippen molar-refractivity contribution in [1.29, 1.82) is 0 Å². The van der Waals surface area contributed by atoms with Gasteiger partial charge in [-0.25, -0.2) is 0 Å². The molecule has 0 aromatic carbocycles. The Hall–Kier alpha value is -1.34. The van der Waals surface area contributed by atoms with Crippen LogP contribution in [0.2, 0.25) is 0 Å². The molecule has 2 aliphatic heterocycles. The van der Waals surface area contributed by atoms with E-state index in [1.807, 2.05) is 6.26 Å². The first-order valence-corrected chi connectivity index (χ1v) is 9.10. The molecular formula is C16H23NO5S. The van der Waals surface area contributed by atoms with Crippen molar-refractivity contribution in [1.82, 2.24) is 4.90 Å². The molecule has 0 aromatic rings. The van der Waals surface area contributed by atoms with E-state index >= 15 is 0 Å². The van der Waals surface area contributed by atoms with E-state index in [9.17, 15) is 14.4 Å². The van der Waals surface area contributed by atoms with Crippen LogP contribution < -0.4 is 0 Å². The second-order valence-electron chi connectivity index (χ2n) is 6.16. The van der Waals surface area contributed by atoms with E-state index in [2.05, 4.69) is 0 Å². The molecule has 0 bridgehead atoms. The van der Waals surface area contributed by atoms with Gasteiger partial charge in [0.05, 0.1) is 12.5 Å². The van der Waals surface area contributed by atoms with Gasteiger partial charge in [0.2, 0.25) is 0 Å². The van der Waals surface area contributed by atoms with E-state index in [-0.39, 0.29) is 29.3 Å². The first kappa shape index (κ1) is 18.0. The second-order valence-corrected chi connectivity index (χ2v) is 7.08. The van der Waals surface area contributed by atoms with Crippen molar-refractivity contribution < 1.29 is 24.2 Å². The number of carboxylic acids is 1. The molecule has 0 unspecified atom stereocenters. The molecule has 0 aliphatic carbocycles. The molecule has 2 heterocycles. The predicted octanol–water partition coefficient (Wildman–Crippen LogP) is 1.69. The van der Waals surface area contributed by atoms with Crippen LogP contribution >= 0.6 is 11.8 Å². The van der Waals surface area contributed by atoms with Crippen LogP contribution in [0.4, 0.5) is 0 Å². The van der Waals surface area contributed by atoms with Gasteiger partial charge < -0.3 is 14.7 Å². The molecule has 0 aromatic heterocycles. The monoisotopic (exact) mass is 341 g/mol. The van der Waals surface area contributed by atoms with Crippen LogP contribution in [-0.2, 0) is 19.1 Å². The molecule has 2 rings (SSSR count). The Balaban J connectivity index is 2.33. The number of ether oxygens (including phenoxy) is 1. The Bertz CT molecular complexity index is 537. The molecule has 0 radical (unpaired) electrons. The van der Waals surface area contributed by atoms with E-state index in [0.717, 1.165) is 12.8 Å². The zero-order chi connectivity index (χ0) is 17.1. The number of Topliss-reactive ketones (excluding diaryl/α,β-unsaturated/α-hetero) is 1. The highest BCUT2D eigenvalue weighted by Gasteiger charge is 2.43. The summed E-state index contributed by atoms with van der Waals surface area (Å²) in [6.45, 7) is 4.61. The van der Waals surface area contributed by atoms with Gasteiger partial charge in [0.25, 0.3) is 5.91 Å². The van der Waals surface area contributed by atoms with Gasteiger partial charge in [-0.05, 0) is 19.1 Å². The SMILES string of the molecule is CS[C@H]1C(C(=O)C(C)C)=C(CC(=O)O)C(=O)N1C[C@@H]1CCCO1. The number of aliphatic carboxylic acids is 1. The summed E-state index contributed by atoms with van der Waals surface area (Å²) in [6.07, 6.45) is 3.23. The Kier molecular flexibility index (Phi) is 5.86. The average Bonchev–Trinajstić information content (AvgIpc) is 3.07. The summed E-state index contributed by atoms with van der Waals surface area (Å²) in [7, 11) is 0. The van der Waals surface area contributed by atoms with E-state index in [0.29, 0.717) is 18.7 Å². The molecule has 7 heteroatoms. The van der Waals surface area contributed by atoms with Gasteiger partial charge in [0, 0.05) is 30.2 Å². The van der Waals surface area contributed by atoms with Crippen molar-refractivity contribution >= 4 is 29.4 Å². The third-order valence-corrected chi connectivity index (χ3v) is 5.08. The highest BCUT2D eigenvalue weighted by molar-refractivity contribution is 7.99. The van der Waals surface area contributed by atoms with Crippen LogP contribution in [0.5, 0.6) is 0 Å². The zero-order valence-corrected chi connectivity index (χ0v) is 14.5. The van der Waals surface area contributed by atoms with Crippen molar-refractivity contribution in [2.24, 2.45) is 5.92 Å². The minimum Gasteiger partial charge on any atom is -0.481 e. The standard InChI is InChI=1S/C16H23NO5S/c1-9(2)14(20)13-11(7-12(18)19)15(21)17(16(13)23-3)8-10-5-4-6-22-10/h9-10,16H,4-8H2,1-3H3,(H,18,19)/t10-,16-/m0/s1. The third-order valence-electron chi connectivity index (χ3n) is 4.14. The summed E-state index contributed by atoms with van der Waals surface area (Å²) < 4.78 is 5.59. The quantitative estimate of drug-likeness (QED) is 0.759. The molecule has 2 atom stereocenters. The molecule has 2 aliphatic rings. The molecule has 1 fully saturated rings. The van der Waals surface area contributed by atoms with Crippen molar-refractivity contribution in [3.8, 4) is 0 Å². The van der Waals surface area contributed by atoms with Gasteiger partial charge >= 0.3 is 5.97 Å². The summed E-state index contributed by atoms with van der Waals surface area (Å²) in [5.41, 5.74) is 0.492. The Morgan fingerprint density at radius 2 is 2.13 bits per heavy atom. The maximum Gasteiger partial charge on any atom is 0.308 e. The maximum atomic E-state index is 12.7. The first-order chi connectivity index (χ1) is 10.9. The van der Waals surface area contributed by atoms with Gasteiger partial charge in [-0.15, -0.1) is 11.8 Å². The third kappa shape index (κ3) is 3.77. The fourth-order valence-corrected chi connectivity index (χ4v) is 3.97. The van der Waals surface area contributed by atoms with Crippen LogP contribution in [0.3, 0.4) is 0 Å². The molecule has 0 saturated carbocycles. The highest BCUT2D eigenvalue weighted by Crippen LogP contribution is 2.36. The Morgan fingerprint density at radius 3 is 2.61 bits per heavy atom. The Morgan fingerprint density at radius 1 is 1.43 bits per heavy atom. The summed E-state index contributed by atoms with van der Waals surface area (Å²) >= 11 is 1.39. The fourth-order valence-electron chi connectivity index (χ4n) is 3.03. The van der Waals surface area contributed by atoms with E-state index in [1.54, 1.807) is 18.7 Å². The lowest BCUT2D eigenvalue weighted by Crippen LogP contribution is -2.40. The van der Waals surface area contributed by atoms with Crippen molar-refractivity contribution in [2.45, 2.75) is 44.6 Å². The molecule has 1 N–H and O–H groups in total. The number of hydrogen-bond acceptors (Lipinski definition) is 5. The molecule has 23 heavy (non-hydrogen) atoms. The number of rotatable bonds is 7. The number of amides is 1. The van der Waals surface area contributed by atoms with Gasteiger partial charge in [0.15, 0.2) is 5.78 Å². The minimum absolute atomic E-state index is 0.0341. The lowest BCUT2D eigenvalue weighted by Gasteiger charge is -2.28. The fraction of sp³-hybridized carbons (Fsp3) is 0.688.